The molecule has 1 aromatic carbocycles. The molecule has 3 rings (SSSR count). The zero-order chi connectivity index (χ0) is 19.8. The number of benzene rings is 1. The molecule has 0 aliphatic carbocycles. The molecule has 1 aromatic rings. The normalized spacial score (nSPS) is 25.8. The van der Waals surface area contributed by atoms with Crippen molar-refractivity contribution in [3.8, 4) is 17.2 Å². The van der Waals surface area contributed by atoms with Gasteiger partial charge in [0.05, 0.1) is 26.7 Å². The minimum Gasteiger partial charge on any atom is -0.493 e. The van der Waals surface area contributed by atoms with Gasteiger partial charge in [-0.2, -0.15) is 0 Å². The van der Waals surface area contributed by atoms with Crippen LogP contribution in [0.1, 0.15) is 52.0 Å². The molecule has 2 aliphatic heterocycles. The summed E-state index contributed by atoms with van der Waals surface area (Å²) in [7, 11) is 4.85. The molecule has 0 spiro atoms. The Morgan fingerprint density at radius 1 is 1.04 bits per heavy atom. The lowest BCUT2D eigenvalue weighted by molar-refractivity contribution is -0.140. The fourth-order valence-electron chi connectivity index (χ4n) is 4.80. The van der Waals surface area contributed by atoms with Crippen LogP contribution in [-0.2, 0) is 10.2 Å². The summed E-state index contributed by atoms with van der Waals surface area (Å²) in [5, 5.41) is 0. The first kappa shape index (κ1) is 19.8. The molecular weight excluding hydrogens is 342 g/mol. The van der Waals surface area contributed by atoms with Crippen molar-refractivity contribution in [2.24, 2.45) is 11.3 Å². The van der Waals surface area contributed by atoms with Crippen LogP contribution in [0, 0.1) is 11.3 Å². The highest BCUT2D eigenvalue weighted by Gasteiger charge is 2.50. The molecule has 2 atom stereocenters. The van der Waals surface area contributed by atoms with Crippen molar-refractivity contribution >= 4 is 5.91 Å². The maximum atomic E-state index is 13.6. The number of rotatable bonds is 4. The van der Waals surface area contributed by atoms with Gasteiger partial charge in [0.2, 0.25) is 11.7 Å². The van der Waals surface area contributed by atoms with E-state index in [0.29, 0.717) is 23.2 Å². The average molecular weight is 376 g/mol. The first-order chi connectivity index (χ1) is 12.8. The van der Waals surface area contributed by atoms with Gasteiger partial charge in [-0.3, -0.25) is 4.79 Å². The lowest BCUT2D eigenvalue weighted by Crippen LogP contribution is -2.50. The maximum absolute atomic E-state index is 13.6. The molecule has 27 heavy (non-hydrogen) atoms. The van der Waals surface area contributed by atoms with Gasteiger partial charge < -0.3 is 19.1 Å². The number of fused-ring (bicyclic) bond motifs is 2. The van der Waals surface area contributed by atoms with Gasteiger partial charge in [-0.1, -0.05) is 20.8 Å². The highest BCUT2D eigenvalue weighted by molar-refractivity contribution is 5.90. The Balaban J connectivity index is 2.17. The van der Waals surface area contributed by atoms with Gasteiger partial charge in [0.25, 0.3) is 0 Å². The standard InChI is InChI=1S/C22H33NO4/c1-21(2,3)15-8-11-23-10-7-9-22(14-15,20(23)24)16-12-17(25-4)19(27-6)18(13-16)26-5/h12-13,15H,7-11,14H2,1-6H3/t15-,22+/m0/s1. The van der Waals surface area contributed by atoms with Crippen molar-refractivity contribution in [2.75, 3.05) is 34.4 Å². The Morgan fingerprint density at radius 3 is 2.19 bits per heavy atom. The predicted octanol–water partition coefficient (Wildman–Crippen LogP) is 4.03. The van der Waals surface area contributed by atoms with Gasteiger partial charge >= 0.3 is 0 Å². The van der Waals surface area contributed by atoms with Crippen LogP contribution in [0.3, 0.4) is 0 Å². The van der Waals surface area contributed by atoms with E-state index in [1.54, 1.807) is 21.3 Å². The number of hydrogen-bond acceptors (Lipinski definition) is 4. The second-order valence-corrected chi connectivity index (χ2v) is 8.95. The minimum atomic E-state index is -0.514. The van der Waals surface area contributed by atoms with Gasteiger partial charge in [-0.05, 0) is 54.7 Å². The molecular formula is C22H33NO4. The zero-order valence-electron chi connectivity index (χ0n) is 17.6. The molecule has 0 aromatic heterocycles. The van der Waals surface area contributed by atoms with Gasteiger partial charge in [0.1, 0.15) is 0 Å². The van der Waals surface area contributed by atoms with Crippen LogP contribution in [0.2, 0.25) is 0 Å². The van der Waals surface area contributed by atoms with Crippen molar-refractivity contribution < 1.29 is 19.0 Å². The lowest BCUT2D eigenvalue weighted by Gasteiger charge is -2.42. The van der Waals surface area contributed by atoms with Crippen LogP contribution < -0.4 is 14.2 Å². The summed E-state index contributed by atoms with van der Waals surface area (Å²) in [6.07, 6.45) is 3.82. The van der Waals surface area contributed by atoms with E-state index in [9.17, 15) is 4.79 Å². The summed E-state index contributed by atoms with van der Waals surface area (Å²) < 4.78 is 16.6. The number of amides is 1. The second kappa shape index (κ2) is 7.25. The summed E-state index contributed by atoms with van der Waals surface area (Å²) in [5.41, 5.74) is 0.634. The van der Waals surface area contributed by atoms with Crippen LogP contribution in [0.25, 0.3) is 0 Å². The Morgan fingerprint density at radius 2 is 1.67 bits per heavy atom. The van der Waals surface area contributed by atoms with Crippen LogP contribution in [-0.4, -0.2) is 45.2 Å². The highest BCUT2D eigenvalue weighted by Crippen LogP contribution is 2.50. The van der Waals surface area contributed by atoms with E-state index in [-0.39, 0.29) is 11.3 Å². The Labute approximate surface area is 163 Å². The van der Waals surface area contributed by atoms with E-state index < -0.39 is 5.41 Å². The van der Waals surface area contributed by atoms with Crippen LogP contribution >= 0.6 is 0 Å². The summed E-state index contributed by atoms with van der Waals surface area (Å²) >= 11 is 0. The fourth-order valence-corrected chi connectivity index (χ4v) is 4.80. The van der Waals surface area contributed by atoms with E-state index in [0.717, 1.165) is 44.3 Å². The SMILES string of the molecule is COc1cc([C@@]23CCCN(CC[C@H](C(C)(C)C)C2)C3=O)cc(OC)c1OC. The average Bonchev–Trinajstić information content (AvgIpc) is 2.72. The summed E-state index contributed by atoms with van der Waals surface area (Å²) in [6, 6.07) is 3.96. The predicted molar refractivity (Wildman–Crippen MR) is 106 cm³/mol. The van der Waals surface area contributed by atoms with Crippen molar-refractivity contribution in [3.63, 3.8) is 0 Å². The Kier molecular flexibility index (Phi) is 5.33. The molecule has 5 heteroatoms. The number of methoxy groups -OCH3 is 3. The number of ether oxygens (including phenoxy) is 3. The Hall–Kier alpha value is -1.91. The largest absolute Gasteiger partial charge is 0.493 e. The van der Waals surface area contributed by atoms with E-state index in [1.165, 1.54) is 0 Å². The van der Waals surface area contributed by atoms with Gasteiger partial charge in [0.15, 0.2) is 11.5 Å². The monoisotopic (exact) mass is 375 g/mol. The summed E-state index contributed by atoms with van der Waals surface area (Å²) in [4.78, 5) is 15.7. The third-order valence-corrected chi connectivity index (χ3v) is 6.51. The number of nitrogens with zero attached hydrogens (tertiary/aromatic N) is 1. The van der Waals surface area contributed by atoms with Crippen LogP contribution in [0.15, 0.2) is 12.1 Å². The van der Waals surface area contributed by atoms with Crippen molar-refractivity contribution in [2.45, 2.75) is 51.9 Å². The molecule has 2 saturated heterocycles. The molecule has 2 heterocycles. The van der Waals surface area contributed by atoms with Crippen molar-refractivity contribution in [1.82, 2.24) is 4.90 Å². The van der Waals surface area contributed by atoms with Gasteiger partial charge in [-0.15, -0.1) is 0 Å². The van der Waals surface area contributed by atoms with Gasteiger partial charge in [-0.25, -0.2) is 0 Å². The first-order valence-corrected chi connectivity index (χ1v) is 9.86. The molecule has 0 radical (unpaired) electrons. The molecule has 5 nitrogen and oxygen atoms in total. The molecule has 0 saturated carbocycles. The Bertz CT molecular complexity index is 684. The number of hydrogen-bond donors (Lipinski definition) is 0. The molecule has 0 N–H and O–H groups in total. The van der Waals surface area contributed by atoms with Crippen molar-refractivity contribution in [3.05, 3.63) is 17.7 Å². The quantitative estimate of drug-likeness (QED) is 0.797. The number of carbonyl (C=O) groups is 1. The topological polar surface area (TPSA) is 48.0 Å². The van der Waals surface area contributed by atoms with Gasteiger partial charge in [0, 0.05) is 13.1 Å². The summed E-state index contributed by atoms with van der Waals surface area (Å²) in [5.74, 6) is 2.53. The third kappa shape index (κ3) is 3.37. The first-order valence-electron chi connectivity index (χ1n) is 9.86. The van der Waals surface area contributed by atoms with Crippen LogP contribution in [0.4, 0.5) is 0 Å². The van der Waals surface area contributed by atoms with E-state index in [4.69, 9.17) is 14.2 Å². The molecule has 2 bridgehead atoms. The zero-order valence-corrected chi connectivity index (χ0v) is 17.6. The van der Waals surface area contributed by atoms with Crippen molar-refractivity contribution in [1.29, 1.82) is 0 Å². The third-order valence-electron chi connectivity index (χ3n) is 6.51. The molecule has 150 valence electrons. The highest BCUT2D eigenvalue weighted by atomic mass is 16.5. The van der Waals surface area contributed by atoms with E-state index >= 15 is 0 Å². The fraction of sp³-hybridized carbons (Fsp3) is 0.682. The molecule has 1 amide bonds. The smallest absolute Gasteiger partial charge is 0.233 e. The summed E-state index contributed by atoms with van der Waals surface area (Å²) in [6.45, 7) is 8.58. The van der Waals surface area contributed by atoms with E-state index in [1.807, 2.05) is 12.1 Å². The second-order valence-electron chi connectivity index (χ2n) is 8.95. The molecule has 2 aliphatic rings. The lowest BCUT2D eigenvalue weighted by atomic mass is 9.64. The molecule has 2 fully saturated rings. The maximum Gasteiger partial charge on any atom is 0.233 e. The van der Waals surface area contributed by atoms with E-state index in [2.05, 4.69) is 25.7 Å². The number of carbonyl (C=O) groups excluding carboxylic acids is 1. The van der Waals surface area contributed by atoms with Crippen LogP contribution in [0.5, 0.6) is 17.2 Å². The minimum absolute atomic E-state index is 0.159. The number of piperidine rings is 1. The molecule has 0 unspecified atom stereocenters.